The molecule has 2 N–H and O–H groups in total. The van der Waals surface area contributed by atoms with Gasteiger partial charge in [-0.25, -0.2) is 0 Å². The second kappa shape index (κ2) is 13.6. The number of hydrogen-bond acceptors (Lipinski definition) is 4. The molecule has 39 heavy (non-hydrogen) atoms. The highest BCUT2D eigenvalue weighted by atomic mass is 32.2. The minimum atomic E-state index is -0.846. The van der Waals surface area contributed by atoms with Crippen LogP contribution in [0.5, 0.6) is 0 Å². The zero-order valence-corrected chi connectivity index (χ0v) is 22.7. The van der Waals surface area contributed by atoms with Crippen molar-refractivity contribution in [2.75, 3.05) is 12.3 Å². The monoisotopic (exact) mass is 536 g/mol. The van der Waals surface area contributed by atoms with Crippen molar-refractivity contribution in [3.8, 4) is 0 Å². The van der Waals surface area contributed by atoms with Gasteiger partial charge in [-0.3, -0.25) is 14.4 Å². The van der Waals surface area contributed by atoms with Crippen molar-refractivity contribution in [3.63, 3.8) is 0 Å². The van der Waals surface area contributed by atoms with Crippen LogP contribution in [-0.4, -0.2) is 35.9 Å². The smallest absolute Gasteiger partial charge is 0.243 e. The van der Waals surface area contributed by atoms with E-state index in [1.54, 1.807) is 11.8 Å². The Morgan fingerprint density at radius 2 is 1.13 bits per heavy atom. The van der Waals surface area contributed by atoms with Crippen LogP contribution in [0.25, 0.3) is 0 Å². The van der Waals surface area contributed by atoms with E-state index in [0.29, 0.717) is 0 Å². The van der Waals surface area contributed by atoms with Gasteiger partial charge in [0.2, 0.25) is 11.8 Å². The SMILES string of the molecule is CC(=O)CNC(=O)[C@H](CSC(c1ccccc1)(c1ccccc1)c1ccccc1)NC(=O)Cc1ccccc1. The number of ketones is 1. The summed E-state index contributed by atoms with van der Waals surface area (Å²) in [6.45, 7) is 1.33. The number of benzene rings is 4. The average Bonchev–Trinajstić information content (AvgIpc) is 2.98. The first kappa shape index (κ1) is 27.9. The lowest BCUT2D eigenvalue weighted by Crippen LogP contribution is -2.50. The summed E-state index contributed by atoms with van der Waals surface area (Å²) in [5.74, 6) is -0.516. The summed E-state index contributed by atoms with van der Waals surface area (Å²) in [4.78, 5) is 37.9. The second-order valence-corrected chi connectivity index (χ2v) is 10.5. The zero-order valence-electron chi connectivity index (χ0n) is 21.9. The third kappa shape index (κ3) is 7.24. The molecule has 4 rings (SSSR count). The van der Waals surface area contributed by atoms with Crippen molar-refractivity contribution in [3.05, 3.63) is 144 Å². The summed E-state index contributed by atoms with van der Waals surface area (Å²) >= 11 is 1.59. The molecule has 0 aliphatic carbocycles. The predicted molar refractivity (Wildman–Crippen MR) is 157 cm³/mol. The molecule has 1 atom stereocenters. The van der Waals surface area contributed by atoms with Gasteiger partial charge in [0.15, 0.2) is 0 Å². The van der Waals surface area contributed by atoms with Crippen molar-refractivity contribution in [2.45, 2.75) is 24.1 Å². The topological polar surface area (TPSA) is 75.3 Å². The normalized spacial score (nSPS) is 11.8. The summed E-state index contributed by atoms with van der Waals surface area (Å²) in [6.07, 6.45) is 0.156. The molecule has 0 aliphatic heterocycles. The molecule has 198 valence electrons. The van der Waals surface area contributed by atoms with E-state index in [0.717, 1.165) is 22.3 Å². The van der Waals surface area contributed by atoms with Gasteiger partial charge >= 0.3 is 0 Å². The molecule has 0 unspecified atom stereocenters. The van der Waals surface area contributed by atoms with Gasteiger partial charge in [0.25, 0.3) is 0 Å². The van der Waals surface area contributed by atoms with Crippen LogP contribution in [0.3, 0.4) is 0 Å². The van der Waals surface area contributed by atoms with Gasteiger partial charge in [-0.15, -0.1) is 11.8 Å². The molecule has 0 bridgehead atoms. The fraction of sp³-hybridized carbons (Fsp3) is 0.182. The lowest BCUT2D eigenvalue weighted by Gasteiger charge is -2.36. The fourth-order valence-electron chi connectivity index (χ4n) is 4.52. The van der Waals surface area contributed by atoms with Crippen molar-refractivity contribution in [1.82, 2.24) is 10.6 Å². The van der Waals surface area contributed by atoms with E-state index in [9.17, 15) is 14.4 Å². The molecule has 0 saturated carbocycles. The third-order valence-electron chi connectivity index (χ3n) is 6.38. The lowest BCUT2D eigenvalue weighted by molar-refractivity contribution is -0.129. The maximum Gasteiger partial charge on any atom is 0.243 e. The third-order valence-corrected chi connectivity index (χ3v) is 8.02. The van der Waals surface area contributed by atoms with Gasteiger partial charge in [-0.05, 0) is 29.2 Å². The van der Waals surface area contributed by atoms with Crippen LogP contribution in [0.2, 0.25) is 0 Å². The van der Waals surface area contributed by atoms with Crippen LogP contribution in [0.4, 0.5) is 0 Å². The van der Waals surface area contributed by atoms with E-state index >= 15 is 0 Å². The first-order chi connectivity index (χ1) is 19.0. The molecule has 0 radical (unpaired) electrons. The first-order valence-electron chi connectivity index (χ1n) is 12.9. The molecule has 0 saturated heterocycles. The van der Waals surface area contributed by atoms with Gasteiger partial charge in [0.05, 0.1) is 17.7 Å². The molecule has 5 nitrogen and oxygen atoms in total. The van der Waals surface area contributed by atoms with Crippen LogP contribution in [0, 0.1) is 0 Å². The Hall–Kier alpha value is -4.16. The van der Waals surface area contributed by atoms with Crippen molar-refractivity contribution < 1.29 is 14.4 Å². The predicted octanol–water partition coefficient (Wildman–Crippen LogP) is 5.14. The molecule has 6 heteroatoms. The molecule has 0 heterocycles. The number of amides is 2. The standard InChI is InChI=1S/C33H32N2O3S/c1-25(36)23-34-32(38)30(35-31(37)22-26-14-6-2-7-15-26)24-39-33(27-16-8-3-9-17-27,28-18-10-4-11-19-28)29-20-12-5-13-21-29/h2-21,30H,22-24H2,1H3,(H,34,38)(H,35,37)/t30-/m0/s1. The Bertz CT molecular complexity index is 1270. The fourth-order valence-corrected chi connectivity index (χ4v) is 6.08. The molecule has 0 aromatic heterocycles. The summed E-state index contributed by atoms with van der Waals surface area (Å²) in [7, 11) is 0. The lowest BCUT2D eigenvalue weighted by atomic mass is 9.84. The minimum absolute atomic E-state index is 0.0875. The highest BCUT2D eigenvalue weighted by molar-refractivity contribution is 8.00. The van der Waals surface area contributed by atoms with Gasteiger partial charge < -0.3 is 10.6 Å². The van der Waals surface area contributed by atoms with E-state index in [2.05, 4.69) is 47.0 Å². The largest absolute Gasteiger partial charge is 0.347 e. The first-order valence-corrected chi connectivity index (χ1v) is 13.9. The number of thioether (sulfide) groups is 1. The summed E-state index contributed by atoms with van der Waals surface area (Å²) in [6, 6.07) is 39.1. The number of carbonyl (C=O) groups is 3. The minimum Gasteiger partial charge on any atom is -0.347 e. The van der Waals surface area contributed by atoms with Crippen LogP contribution >= 0.6 is 11.8 Å². The number of carbonyl (C=O) groups excluding carboxylic acids is 3. The Balaban J connectivity index is 1.70. The number of nitrogens with one attached hydrogen (secondary N) is 2. The van der Waals surface area contributed by atoms with Gasteiger partial charge in [-0.2, -0.15) is 0 Å². The molecule has 2 amide bonds. The van der Waals surface area contributed by atoms with E-state index in [-0.39, 0.29) is 36.3 Å². The number of hydrogen-bond donors (Lipinski definition) is 2. The average molecular weight is 537 g/mol. The van der Waals surface area contributed by atoms with Crippen LogP contribution in [0.15, 0.2) is 121 Å². The molecule has 0 spiro atoms. The van der Waals surface area contributed by atoms with Crippen molar-refractivity contribution >= 4 is 29.4 Å². The molecule has 4 aromatic rings. The Morgan fingerprint density at radius 3 is 1.56 bits per heavy atom. The highest BCUT2D eigenvalue weighted by Crippen LogP contribution is 2.48. The molecule has 0 aliphatic rings. The molecular weight excluding hydrogens is 504 g/mol. The van der Waals surface area contributed by atoms with E-state index < -0.39 is 10.8 Å². The second-order valence-electron chi connectivity index (χ2n) is 9.29. The molecule has 0 fully saturated rings. The van der Waals surface area contributed by atoms with Gasteiger partial charge in [0.1, 0.15) is 11.8 Å². The maximum atomic E-state index is 13.3. The quantitative estimate of drug-likeness (QED) is 0.246. The van der Waals surface area contributed by atoms with Crippen LogP contribution in [-0.2, 0) is 25.6 Å². The summed E-state index contributed by atoms with van der Waals surface area (Å²) in [5, 5.41) is 5.62. The number of Topliss-reactive ketones (excluding diaryl/α,β-unsaturated/α-hetero) is 1. The molecule has 4 aromatic carbocycles. The van der Waals surface area contributed by atoms with Crippen molar-refractivity contribution in [1.29, 1.82) is 0 Å². The highest BCUT2D eigenvalue weighted by Gasteiger charge is 2.38. The summed E-state index contributed by atoms with van der Waals surface area (Å²) in [5.41, 5.74) is 4.04. The maximum absolute atomic E-state index is 13.3. The van der Waals surface area contributed by atoms with Gasteiger partial charge in [-0.1, -0.05) is 121 Å². The van der Waals surface area contributed by atoms with Crippen molar-refractivity contribution in [2.24, 2.45) is 0 Å². The number of rotatable bonds is 12. The zero-order chi connectivity index (χ0) is 27.5. The molecular formula is C33H32N2O3S. The van der Waals surface area contributed by atoms with E-state index in [4.69, 9.17) is 0 Å². The van der Waals surface area contributed by atoms with E-state index in [1.807, 2.05) is 84.9 Å². The summed E-state index contributed by atoms with van der Waals surface area (Å²) < 4.78 is -0.646. The van der Waals surface area contributed by atoms with Gasteiger partial charge in [0, 0.05) is 5.75 Å². The Labute approximate surface area is 234 Å². The Morgan fingerprint density at radius 1 is 0.692 bits per heavy atom. The van der Waals surface area contributed by atoms with Crippen LogP contribution in [0.1, 0.15) is 29.2 Å². The Kier molecular flexibility index (Phi) is 9.70. The van der Waals surface area contributed by atoms with Crippen LogP contribution < -0.4 is 10.6 Å². The van der Waals surface area contributed by atoms with E-state index in [1.165, 1.54) is 6.92 Å².